The number of hydrogen-bond acceptors (Lipinski definition) is 6. The summed E-state index contributed by atoms with van der Waals surface area (Å²) in [6, 6.07) is 5.22. The van der Waals surface area contributed by atoms with Gasteiger partial charge in [-0.3, -0.25) is 23.5 Å². The molecule has 0 N–H and O–H groups in total. The van der Waals surface area contributed by atoms with E-state index in [0.29, 0.717) is 56.0 Å². The standard InChI is InChI=1S/C26H36N4O6/c1-4-36-20-9-10-22-21(15-20)25(33)30(26(34)27(22)2)16-18-5-7-19(8-6-18)24(32)29-13-11-28(12-14-29)23(31)17-35-3/h9-10,15,18-19H,4-8,11-14,16-17H2,1-3H3/t18-,19-. The fraction of sp³-hybridized carbons (Fsp3) is 0.615. The average molecular weight is 501 g/mol. The summed E-state index contributed by atoms with van der Waals surface area (Å²) in [6.45, 7) is 4.94. The third-order valence-electron chi connectivity index (χ3n) is 7.48. The van der Waals surface area contributed by atoms with Crippen molar-refractivity contribution in [3.05, 3.63) is 39.0 Å². The number of aromatic nitrogens is 2. The van der Waals surface area contributed by atoms with Gasteiger partial charge >= 0.3 is 5.69 Å². The van der Waals surface area contributed by atoms with E-state index in [0.717, 1.165) is 25.7 Å². The molecule has 4 rings (SSSR count). The van der Waals surface area contributed by atoms with Crippen molar-refractivity contribution in [3.63, 3.8) is 0 Å². The van der Waals surface area contributed by atoms with Gasteiger partial charge in [-0.2, -0.15) is 0 Å². The number of carbonyl (C=O) groups is 2. The Kier molecular flexibility index (Phi) is 8.13. The van der Waals surface area contributed by atoms with Crippen molar-refractivity contribution >= 4 is 22.7 Å². The summed E-state index contributed by atoms with van der Waals surface area (Å²) < 4.78 is 13.3. The Morgan fingerprint density at radius 2 is 1.67 bits per heavy atom. The Labute approximate surface area is 210 Å². The second kappa shape index (κ2) is 11.3. The fourth-order valence-electron chi connectivity index (χ4n) is 5.41. The topological polar surface area (TPSA) is 103 Å². The van der Waals surface area contributed by atoms with Crippen molar-refractivity contribution in [2.75, 3.05) is 46.5 Å². The molecule has 0 radical (unpaired) electrons. The van der Waals surface area contributed by atoms with Gasteiger partial charge in [-0.05, 0) is 56.7 Å². The van der Waals surface area contributed by atoms with Gasteiger partial charge in [0.1, 0.15) is 12.4 Å². The van der Waals surface area contributed by atoms with Crippen LogP contribution in [0.2, 0.25) is 0 Å². The highest BCUT2D eigenvalue weighted by Crippen LogP contribution is 2.31. The van der Waals surface area contributed by atoms with Gasteiger partial charge in [-0.25, -0.2) is 4.79 Å². The van der Waals surface area contributed by atoms with Gasteiger partial charge < -0.3 is 19.3 Å². The van der Waals surface area contributed by atoms with E-state index >= 15 is 0 Å². The molecule has 0 unspecified atom stereocenters. The van der Waals surface area contributed by atoms with Crippen LogP contribution in [0.15, 0.2) is 27.8 Å². The normalized spacial score (nSPS) is 20.5. The monoisotopic (exact) mass is 500 g/mol. The molecule has 0 bridgehead atoms. The molecule has 2 heterocycles. The van der Waals surface area contributed by atoms with Gasteiger partial charge in [0.2, 0.25) is 11.8 Å². The average Bonchev–Trinajstić information content (AvgIpc) is 2.90. The van der Waals surface area contributed by atoms with E-state index in [9.17, 15) is 19.2 Å². The Bertz CT molecular complexity index is 1220. The SMILES string of the molecule is CCOc1ccc2c(c1)c(=O)n(C[C@H]1CC[C@H](C(=O)N3CCN(C(=O)COC)CC3)CC1)c(=O)n2C. The van der Waals surface area contributed by atoms with E-state index in [-0.39, 0.29) is 41.5 Å². The van der Waals surface area contributed by atoms with E-state index in [4.69, 9.17) is 9.47 Å². The van der Waals surface area contributed by atoms with E-state index in [1.54, 1.807) is 30.1 Å². The second-order valence-corrected chi connectivity index (χ2v) is 9.73. The van der Waals surface area contributed by atoms with Crippen molar-refractivity contribution in [3.8, 4) is 5.75 Å². The zero-order valence-corrected chi connectivity index (χ0v) is 21.4. The quantitative estimate of drug-likeness (QED) is 0.567. The lowest BCUT2D eigenvalue weighted by atomic mass is 9.81. The predicted molar refractivity (Wildman–Crippen MR) is 135 cm³/mol. The van der Waals surface area contributed by atoms with Crippen molar-refractivity contribution in [1.29, 1.82) is 0 Å². The van der Waals surface area contributed by atoms with E-state index in [1.807, 2.05) is 11.8 Å². The summed E-state index contributed by atoms with van der Waals surface area (Å²) in [4.78, 5) is 54.9. The van der Waals surface area contributed by atoms with E-state index < -0.39 is 0 Å². The first-order valence-electron chi connectivity index (χ1n) is 12.8. The molecule has 36 heavy (non-hydrogen) atoms. The maximum Gasteiger partial charge on any atom is 0.331 e. The molecule has 2 aliphatic rings. The van der Waals surface area contributed by atoms with Crippen LogP contribution in [0, 0.1) is 11.8 Å². The first kappa shape index (κ1) is 25.9. The van der Waals surface area contributed by atoms with Crippen LogP contribution in [0.3, 0.4) is 0 Å². The summed E-state index contributed by atoms with van der Waals surface area (Å²) in [7, 11) is 3.18. The number of aryl methyl sites for hydroxylation is 1. The van der Waals surface area contributed by atoms with Crippen LogP contribution in [0.1, 0.15) is 32.6 Å². The van der Waals surface area contributed by atoms with Gasteiger partial charge in [0.15, 0.2) is 0 Å². The molecule has 1 saturated carbocycles. The number of rotatable bonds is 7. The molecule has 1 aliphatic heterocycles. The summed E-state index contributed by atoms with van der Waals surface area (Å²) in [5.74, 6) is 0.821. The predicted octanol–water partition coefficient (Wildman–Crippen LogP) is 1.22. The lowest BCUT2D eigenvalue weighted by molar-refractivity contribution is -0.144. The number of carbonyl (C=O) groups excluding carboxylic acids is 2. The van der Waals surface area contributed by atoms with Gasteiger partial charge in [0, 0.05) is 52.8 Å². The zero-order chi connectivity index (χ0) is 25.8. The third-order valence-corrected chi connectivity index (χ3v) is 7.48. The van der Waals surface area contributed by atoms with Crippen LogP contribution < -0.4 is 16.0 Å². The molecular weight excluding hydrogens is 464 g/mol. The number of nitrogens with zero attached hydrogens (tertiary/aromatic N) is 4. The lowest BCUT2D eigenvalue weighted by Gasteiger charge is -2.38. The molecule has 1 saturated heterocycles. The summed E-state index contributed by atoms with van der Waals surface area (Å²) in [5, 5.41) is 0.468. The van der Waals surface area contributed by atoms with Crippen molar-refractivity contribution in [1.82, 2.24) is 18.9 Å². The van der Waals surface area contributed by atoms with E-state index in [1.165, 1.54) is 16.2 Å². The summed E-state index contributed by atoms with van der Waals surface area (Å²) in [5.41, 5.74) is -0.0347. The van der Waals surface area contributed by atoms with Crippen LogP contribution in [0.25, 0.3) is 10.9 Å². The number of methoxy groups -OCH3 is 1. The minimum absolute atomic E-state index is 0.0469. The van der Waals surface area contributed by atoms with E-state index in [2.05, 4.69) is 0 Å². The number of piperazine rings is 1. The molecule has 0 spiro atoms. The Morgan fingerprint density at radius 3 is 2.31 bits per heavy atom. The van der Waals surface area contributed by atoms with Crippen molar-refractivity contribution in [2.45, 2.75) is 39.2 Å². The number of ether oxygens (including phenoxy) is 2. The molecule has 1 aromatic heterocycles. The molecule has 196 valence electrons. The first-order valence-corrected chi connectivity index (χ1v) is 12.8. The largest absolute Gasteiger partial charge is 0.494 e. The fourth-order valence-corrected chi connectivity index (χ4v) is 5.41. The number of hydrogen-bond donors (Lipinski definition) is 0. The van der Waals surface area contributed by atoms with Crippen molar-refractivity contribution in [2.24, 2.45) is 18.9 Å². The zero-order valence-electron chi connectivity index (χ0n) is 21.4. The third kappa shape index (κ3) is 5.33. The molecule has 10 heteroatoms. The van der Waals surface area contributed by atoms with Crippen LogP contribution in [0.5, 0.6) is 5.75 Å². The highest BCUT2D eigenvalue weighted by atomic mass is 16.5. The minimum Gasteiger partial charge on any atom is -0.494 e. The molecule has 2 fully saturated rings. The molecule has 2 amide bonds. The lowest BCUT2D eigenvalue weighted by Crippen LogP contribution is -2.52. The van der Waals surface area contributed by atoms with Crippen LogP contribution in [0.4, 0.5) is 0 Å². The number of benzene rings is 1. The highest BCUT2D eigenvalue weighted by molar-refractivity contribution is 5.81. The molecule has 10 nitrogen and oxygen atoms in total. The summed E-state index contributed by atoms with van der Waals surface area (Å²) >= 11 is 0. The van der Waals surface area contributed by atoms with Crippen molar-refractivity contribution < 1.29 is 19.1 Å². The minimum atomic E-state index is -0.323. The Hall–Kier alpha value is -3.14. The second-order valence-electron chi connectivity index (χ2n) is 9.73. The number of fused-ring (bicyclic) bond motifs is 1. The van der Waals surface area contributed by atoms with Gasteiger partial charge in [0.05, 0.1) is 17.5 Å². The molecule has 2 aromatic rings. The maximum atomic E-state index is 13.2. The molecule has 1 aliphatic carbocycles. The highest BCUT2D eigenvalue weighted by Gasteiger charge is 2.32. The van der Waals surface area contributed by atoms with Gasteiger partial charge in [-0.1, -0.05) is 0 Å². The molecule has 1 aromatic carbocycles. The first-order chi connectivity index (χ1) is 17.3. The van der Waals surface area contributed by atoms with Gasteiger partial charge in [0.25, 0.3) is 5.56 Å². The van der Waals surface area contributed by atoms with Gasteiger partial charge in [-0.15, -0.1) is 0 Å². The van der Waals surface area contributed by atoms with Crippen LogP contribution in [-0.4, -0.2) is 77.3 Å². The summed E-state index contributed by atoms with van der Waals surface area (Å²) in [6.07, 6.45) is 3.05. The van der Waals surface area contributed by atoms with Crippen LogP contribution >= 0.6 is 0 Å². The molecular formula is C26H36N4O6. The number of amides is 2. The Balaban J connectivity index is 1.38. The Morgan fingerprint density at radius 1 is 1.00 bits per heavy atom. The smallest absolute Gasteiger partial charge is 0.331 e. The van der Waals surface area contributed by atoms with Crippen LogP contribution in [-0.2, 0) is 27.9 Å². The maximum absolute atomic E-state index is 13.2. The molecule has 0 atom stereocenters.